The van der Waals surface area contributed by atoms with Gasteiger partial charge in [-0.25, -0.2) is 4.98 Å². The van der Waals surface area contributed by atoms with Crippen molar-refractivity contribution < 1.29 is 0 Å². The highest BCUT2D eigenvalue weighted by molar-refractivity contribution is 5.44. The summed E-state index contributed by atoms with van der Waals surface area (Å²) in [6.07, 6.45) is 5.30. The van der Waals surface area contributed by atoms with E-state index in [1.54, 1.807) is 12.4 Å². The lowest BCUT2D eigenvalue weighted by Gasteiger charge is -1.91. The molecule has 0 aromatic carbocycles. The minimum atomic E-state index is 0.582. The summed E-state index contributed by atoms with van der Waals surface area (Å²) in [5, 5.41) is 8.60. The van der Waals surface area contributed by atoms with Gasteiger partial charge in [0.15, 0.2) is 0 Å². The summed E-state index contributed by atoms with van der Waals surface area (Å²) in [5.74, 6) is 0. The zero-order valence-corrected chi connectivity index (χ0v) is 6.65. The standard InChI is InChI=1S/C9H7N3/c1-7-2-9-11-4-8(3-10)6-12(9)5-7/h2,4-6H,1H3. The zero-order valence-electron chi connectivity index (χ0n) is 6.65. The fourth-order valence-electron chi connectivity index (χ4n) is 1.18. The molecule has 0 fully saturated rings. The van der Waals surface area contributed by atoms with E-state index in [4.69, 9.17) is 5.26 Å². The van der Waals surface area contributed by atoms with Crippen LogP contribution in [0.4, 0.5) is 0 Å². The lowest BCUT2D eigenvalue weighted by Crippen LogP contribution is -1.86. The SMILES string of the molecule is Cc1cc2ncc(C#N)cn2c1. The number of nitrogens with zero attached hydrogens (tertiary/aromatic N) is 3. The van der Waals surface area contributed by atoms with E-state index in [2.05, 4.69) is 4.98 Å². The van der Waals surface area contributed by atoms with Crippen LogP contribution in [0.2, 0.25) is 0 Å². The van der Waals surface area contributed by atoms with Gasteiger partial charge in [-0.05, 0) is 18.6 Å². The number of hydrogen-bond donors (Lipinski definition) is 0. The molecule has 2 heterocycles. The van der Waals surface area contributed by atoms with Crippen LogP contribution in [0, 0.1) is 18.3 Å². The molecule has 0 saturated heterocycles. The summed E-state index contributed by atoms with van der Waals surface area (Å²) in [6.45, 7) is 2.00. The molecule has 3 heteroatoms. The zero-order chi connectivity index (χ0) is 8.55. The molecule has 0 radical (unpaired) electrons. The maximum atomic E-state index is 8.60. The van der Waals surface area contributed by atoms with Gasteiger partial charge in [-0.15, -0.1) is 0 Å². The third-order valence-electron chi connectivity index (χ3n) is 1.71. The molecule has 0 saturated carbocycles. The van der Waals surface area contributed by atoms with Crippen LogP contribution in [0.3, 0.4) is 0 Å². The van der Waals surface area contributed by atoms with E-state index >= 15 is 0 Å². The largest absolute Gasteiger partial charge is 0.307 e. The first kappa shape index (κ1) is 6.86. The highest BCUT2D eigenvalue weighted by Crippen LogP contribution is 2.06. The van der Waals surface area contributed by atoms with Crippen LogP contribution in [0.25, 0.3) is 5.65 Å². The topological polar surface area (TPSA) is 41.1 Å². The summed E-state index contributed by atoms with van der Waals surface area (Å²) < 4.78 is 1.86. The lowest BCUT2D eigenvalue weighted by molar-refractivity contribution is 1.11. The quantitative estimate of drug-likeness (QED) is 0.581. The van der Waals surface area contributed by atoms with Crippen molar-refractivity contribution in [3.8, 4) is 6.07 Å². The fraction of sp³-hybridized carbons (Fsp3) is 0.111. The normalized spacial score (nSPS) is 10.0. The Bertz CT molecular complexity index is 462. The molecule has 0 atom stereocenters. The smallest absolute Gasteiger partial charge is 0.136 e. The van der Waals surface area contributed by atoms with E-state index in [9.17, 15) is 0 Å². The van der Waals surface area contributed by atoms with Gasteiger partial charge in [0.25, 0.3) is 0 Å². The molecule has 0 spiro atoms. The molecule has 2 rings (SSSR count). The third kappa shape index (κ3) is 0.940. The Balaban J connectivity index is 2.77. The van der Waals surface area contributed by atoms with E-state index in [1.807, 2.05) is 29.7 Å². The summed E-state index contributed by atoms with van der Waals surface area (Å²) >= 11 is 0. The number of rotatable bonds is 0. The van der Waals surface area contributed by atoms with Crippen LogP contribution in [0.1, 0.15) is 11.1 Å². The summed E-state index contributed by atoms with van der Waals surface area (Å²) in [6, 6.07) is 4.02. The number of aromatic nitrogens is 2. The van der Waals surface area contributed by atoms with Crippen molar-refractivity contribution in [3.05, 3.63) is 35.8 Å². The van der Waals surface area contributed by atoms with Crippen LogP contribution in [0.5, 0.6) is 0 Å². The molecule has 3 nitrogen and oxygen atoms in total. The highest BCUT2D eigenvalue weighted by atomic mass is 15.0. The second-order valence-electron chi connectivity index (χ2n) is 2.74. The Labute approximate surface area is 69.9 Å². The Morgan fingerprint density at radius 1 is 1.50 bits per heavy atom. The minimum absolute atomic E-state index is 0.582. The Kier molecular flexibility index (Phi) is 1.34. The molecule has 0 bridgehead atoms. The average molecular weight is 157 g/mol. The van der Waals surface area contributed by atoms with E-state index in [0.717, 1.165) is 11.2 Å². The second kappa shape index (κ2) is 2.35. The molecule has 2 aromatic heterocycles. The third-order valence-corrected chi connectivity index (χ3v) is 1.71. The minimum Gasteiger partial charge on any atom is -0.307 e. The van der Waals surface area contributed by atoms with Crippen molar-refractivity contribution in [2.75, 3.05) is 0 Å². The summed E-state index contributed by atoms with van der Waals surface area (Å²) in [5.41, 5.74) is 2.61. The molecule has 2 aromatic rings. The molecule has 0 aliphatic carbocycles. The molecule has 0 aliphatic heterocycles. The maximum absolute atomic E-state index is 8.60. The van der Waals surface area contributed by atoms with Crippen molar-refractivity contribution in [3.63, 3.8) is 0 Å². The predicted molar refractivity (Wildman–Crippen MR) is 44.6 cm³/mol. The van der Waals surface area contributed by atoms with Crippen LogP contribution < -0.4 is 0 Å². The van der Waals surface area contributed by atoms with Crippen LogP contribution in [-0.4, -0.2) is 9.38 Å². The van der Waals surface area contributed by atoms with Gasteiger partial charge in [0, 0.05) is 18.6 Å². The van der Waals surface area contributed by atoms with E-state index < -0.39 is 0 Å². The van der Waals surface area contributed by atoms with E-state index in [0.29, 0.717) is 5.56 Å². The van der Waals surface area contributed by atoms with Gasteiger partial charge in [0.2, 0.25) is 0 Å². The molecule has 12 heavy (non-hydrogen) atoms. The Hall–Kier alpha value is -1.82. The van der Waals surface area contributed by atoms with Crippen molar-refractivity contribution >= 4 is 5.65 Å². The molecular weight excluding hydrogens is 150 g/mol. The fourth-order valence-corrected chi connectivity index (χ4v) is 1.18. The number of fused-ring (bicyclic) bond motifs is 1. The first-order valence-corrected chi connectivity index (χ1v) is 3.64. The summed E-state index contributed by atoms with van der Waals surface area (Å²) in [7, 11) is 0. The highest BCUT2D eigenvalue weighted by Gasteiger charge is 1.97. The average Bonchev–Trinajstić information content (AvgIpc) is 2.43. The van der Waals surface area contributed by atoms with Crippen molar-refractivity contribution in [1.82, 2.24) is 9.38 Å². The van der Waals surface area contributed by atoms with Crippen LogP contribution in [-0.2, 0) is 0 Å². The molecule has 0 amide bonds. The Morgan fingerprint density at radius 2 is 2.33 bits per heavy atom. The summed E-state index contributed by atoms with van der Waals surface area (Å²) in [4.78, 5) is 4.11. The van der Waals surface area contributed by atoms with E-state index in [-0.39, 0.29) is 0 Å². The molecule has 0 unspecified atom stereocenters. The second-order valence-corrected chi connectivity index (χ2v) is 2.74. The van der Waals surface area contributed by atoms with Gasteiger partial charge in [-0.3, -0.25) is 0 Å². The van der Waals surface area contributed by atoms with Crippen molar-refractivity contribution in [2.24, 2.45) is 0 Å². The number of hydrogen-bond acceptors (Lipinski definition) is 2. The first-order valence-electron chi connectivity index (χ1n) is 3.64. The molecule has 0 N–H and O–H groups in total. The molecule has 0 aliphatic rings. The predicted octanol–water partition coefficient (Wildman–Crippen LogP) is 1.51. The van der Waals surface area contributed by atoms with Gasteiger partial charge in [0.1, 0.15) is 11.7 Å². The van der Waals surface area contributed by atoms with Gasteiger partial charge in [0.05, 0.1) is 5.56 Å². The Morgan fingerprint density at radius 3 is 3.08 bits per heavy atom. The first-order chi connectivity index (χ1) is 5.79. The molecule has 58 valence electrons. The van der Waals surface area contributed by atoms with Crippen molar-refractivity contribution in [2.45, 2.75) is 6.92 Å². The monoisotopic (exact) mass is 157 g/mol. The van der Waals surface area contributed by atoms with Gasteiger partial charge < -0.3 is 4.40 Å². The maximum Gasteiger partial charge on any atom is 0.136 e. The van der Waals surface area contributed by atoms with Gasteiger partial charge in [-0.2, -0.15) is 5.26 Å². The lowest BCUT2D eigenvalue weighted by atomic mass is 10.4. The number of aryl methyl sites for hydroxylation is 1. The van der Waals surface area contributed by atoms with Crippen molar-refractivity contribution in [1.29, 1.82) is 5.26 Å². The van der Waals surface area contributed by atoms with Gasteiger partial charge in [-0.1, -0.05) is 0 Å². The number of nitriles is 1. The van der Waals surface area contributed by atoms with E-state index in [1.165, 1.54) is 0 Å². The van der Waals surface area contributed by atoms with Crippen LogP contribution in [0.15, 0.2) is 24.7 Å². The van der Waals surface area contributed by atoms with Gasteiger partial charge >= 0.3 is 0 Å². The van der Waals surface area contributed by atoms with Crippen LogP contribution >= 0.6 is 0 Å². The molecular formula is C9H7N3.